The minimum Gasteiger partial charge on any atom is -0.370 e. The van der Waals surface area contributed by atoms with Crippen LogP contribution in [0, 0.1) is 0 Å². The van der Waals surface area contributed by atoms with Crippen LogP contribution in [0.5, 0.6) is 0 Å². The molecule has 8 heteroatoms. The largest absolute Gasteiger partial charge is 0.441 e. The Morgan fingerprint density at radius 2 is 1.79 bits per heavy atom. The van der Waals surface area contributed by atoms with Gasteiger partial charge in [0, 0.05) is 31.3 Å². The van der Waals surface area contributed by atoms with E-state index in [1.807, 2.05) is 13.8 Å². The van der Waals surface area contributed by atoms with Gasteiger partial charge in [0.1, 0.15) is 17.5 Å². The molecule has 4 nitrogen and oxygen atoms in total. The molecule has 0 spiro atoms. The highest BCUT2D eigenvalue weighted by Gasteiger charge is 2.27. The van der Waals surface area contributed by atoms with Crippen molar-refractivity contribution in [2.45, 2.75) is 25.8 Å². The molecule has 0 saturated heterocycles. The fourth-order valence-electron chi connectivity index (χ4n) is 1.36. The van der Waals surface area contributed by atoms with Gasteiger partial charge in [0.05, 0.1) is 0 Å². The number of rotatable bonds is 7. The molecule has 1 aromatic rings. The number of nitrogens with zero attached hydrogens (tertiary/aromatic N) is 2. The van der Waals surface area contributed by atoms with Crippen molar-refractivity contribution in [2.75, 3.05) is 29.5 Å². The molecule has 0 saturated carbocycles. The first-order valence-electron chi connectivity index (χ1n) is 6.01. The minimum atomic E-state index is -4.18. The van der Waals surface area contributed by atoms with Crippen LogP contribution in [-0.2, 0) is 6.42 Å². The van der Waals surface area contributed by atoms with Crippen LogP contribution in [0.3, 0.4) is 0 Å². The zero-order chi connectivity index (χ0) is 14.3. The summed E-state index contributed by atoms with van der Waals surface area (Å²) in [7, 11) is 0. The molecule has 0 aliphatic carbocycles. The Morgan fingerprint density at radius 1 is 1.16 bits per heavy atom. The third-order valence-corrected chi connectivity index (χ3v) is 2.86. The van der Waals surface area contributed by atoms with Crippen LogP contribution in [0.2, 0.25) is 0 Å². The van der Waals surface area contributed by atoms with Crippen LogP contribution in [0.4, 0.5) is 24.8 Å². The third kappa shape index (κ3) is 6.51. The summed E-state index contributed by atoms with van der Waals surface area (Å²) in [6, 6.07) is 1.70. The second-order valence-corrected chi connectivity index (χ2v) is 4.82. The van der Waals surface area contributed by atoms with Crippen LogP contribution in [0.25, 0.3) is 0 Å². The molecular weight excluding hydrogens is 277 g/mol. The summed E-state index contributed by atoms with van der Waals surface area (Å²) >= 11 is -0.0443. The van der Waals surface area contributed by atoms with Crippen molar-refractivity contribution in [1.82, 2.24) is 9.97 Å². The number of aryl methyl sites for hydroxylation is 1. The lowest BCUT2D eigenvalue weighted by molar-refractivity contribution is -0.0327. The number of nitrogens with one attached hydrogen (secondary N) is 2. The van der Waals surface area contributed by atoms with E-state index in [0.717, 1.165) is 6.54 Å². The SMILES string of the molecule is CCNc1cc(NCCSC(F)(F)F)nc(CC)n1. The van der Waals surface area contributed by atoms with E-state index < -0.39 is 5.51 Å². The van der Waals surface area contributed by atoms with Crippen LogP contribution in [-0.4, -0.2) is 34.3 Å². The monoisotopic (exact) mass is 294 g/mol. The average Bonchev–Trinajstić information content (AvgIpc) is 2.34. The molecule has 0 aliphatic rings. The molecule has 0 radical (unpaired) electrons. The Balaban J connectivity index is 2.54. The van der Waals surface area contributed by atoms with Crippen molar-refractivity contribution in [3.05, 3.63) is 11.9 Å². The molecule has 0 aliphatic heterocycles. The number of thioether (sulfide) groups is 1. The van der Waals surface area contributed by atoms with Crippen LogP contribution in [0.15, 0.2) is 6.07 Å². The maximum atomic E-state index is 12.0. The highest BCUT2D eigenvalue weighted by Crippen LogP contribution is 2.29. The molecule has 0 atom stereocenters. The fraction of sp³-hybridized carbons (Fsp3) is 0.636. The van der Waals surface area contributed by atoms with Crippen molar-refractivity contribution in [3.63, 3.8) is 0 Å². The number of alkyl halides is 3. The maximum Gasteiger partial charge on any atom is 0.441 e. The van der Waals surface area contributed by atoms with Gasteiger partial charge < -0.3 is 10.6 Å². The summed E-state index contributed by atoms with van der Waals surface area (Å²) < 4.78 is 35.9. The Morgan fingerprint density at radius 3 is 2.32 bits per heavy atom. The van der Waals surface area contributed by atoms with Gasteiger partial charge in [0.2, 0.25) is 0 Å². The Labute approximate surface area is 114 Å². The predicted octanol–water partition coefficient (Wildman–Crippen LogP) is 3.14. The van der Waals surface area contributed by atoms with Gasteiger partial charge in [-0.3, -0.25) is 0 Å². The molecule has 19 heavy (non-hydrogen) atoms. The Kier molecular flexibility index (Phi) is 6.20. The van der Waals surface area contributed by atoms with E-state index in [1.165, 1.54) is 0 Å². The number of hydrogen-bond donors (Lipinski definition) is 2. The van der Waals surface area contributed by atoms with Crippen LogP contribution in [0.1, 0.15) is 19.7 Å². The third-order valence-electron chi connectivity index (χ3n) is 2.12. The summed E-state index contributed by atoms with van der Waals surface area (Å²) in [4.78, 5) is 8.48. The smallest absolute Gasteiger partial charge is 0.370 e. The first-order valence-corrected chi connectivity index (χ1v) is 6.99. The quantitative estimate of drug-likeness (QED) is 0.757. The highest BCUT2D eigenvalue weighted by molar-refractivity contribution is 8.00. The van der Waals surface area contributed by atoms with Gasteiger partial charge in [-0.1, -0.05) is 6.92 Å². The normalized spacial score (nSPS) is 11.4. The second kappa shape index (κ2) is 7.42. The van der Waals surface area contributed by atoms with Crippen molar-refractivity contribution in [1.29, 1.82) is 0 Å². The lowest BCUT2D eigenvalue weighted by atomic mass is 10.4. The summed E-state index contributed by atoms with van der Waals surface area (Å²) in [6.07, 6.45) is 0.672. The zero-order valence-electron chi connectivity index (χ0n) is 10.8. The van der Waals surface area contributed by atoms with Gasteiger partial charge >= 0.3 is 5.51 Å². The van der Waals surface area contributed by atoms with Crippen molar-refractivity contribution >= 4 is 23.4 Å². The van der Waals surface area contributed by atoms with E-state index in [-0.39, 0.29) is 24.1 Å². The van der Waals surface area contributed by atoms with E-state index in [9.17, 15) is 13.2 Å². The number of anilines is 2. The molecule has 0 aromatic carbocycles. The minimum absolute atomic E-state index is 0.0443. The van der Waals surface area contributed by atoms with Gasteiger partial charge in [-0.05, 0) is 18.7 Å². The second-order valence-electron chi connectivity index (χ2n) is 3.66. The maximum absolute atomic E-state index is 12.0. The van der Waals surface area contributed by atoms with Crippen LogP contribution < -0.4 is 10.6 Å². The van der Waals surface area contributed by atoms with Gasteiger partial charge in [-0.25, -0.2) is 9.97 Å². The Bertz CT molecular complexity index is 398. The van der Waals surface area contributed by atoms with E-state index >= 15 is 0 Å². The standard InChI is InChI=1S/C11H17F3N4S/c1-3-8-17-9(15-4-2)7-10(18-8)16-5-6-19-11(12,13)14/h7H,3-6H2,1-2H3,(H2,15,16,17,18). The fourth-order valence-corrected chi connectivity index (χ4v) is 1.80. The van der Waals surface area contributed by atoms with Crippen molar-refractivity contribution in [2.24, 2.45) is 0 Å². The Hall–Kier alpha value is -1.18. The lowest BCUT2D eigenvalue weighted by Crippen LogP contribution is -2.12. The molecule has 0 bridgehead atoms. The predicted molar refractivity (Wildman–Crippen MR) is 72.6 cm³/mol. The molecule has 1 rings (SSSR count). The van der Waals surface area contributed by atoms with Gasteiger partial charge in [-0.2, -0.15) is 13.2 Å². The summed E-state index contributed by atoms with van der Waals surface area (Å²) in [5.74, 6) is 1.83. The zero-order valence-corrected chi connectivity index (χ0v) is 11.7. The van der Waals surface area contributed by atoms with Gasteiger partial charge in [0.15, 0.2) is 0 Å². The number of aromatic nitrogens is 2. The molecule has 1 heterocycles. The molecule has 1 aromatic heterocycles. The summed E-state index contributed by atoms with van der Waals surface area (Å²) in [5.41, 5.74) is -4.18. The average molecular weight is 294 g/mol. The van der Waals surface area contributed by atoms with Gasteiger partial charge in [0.25, 0.3) is 0 Å². The molecule has 0 amide bonds. The van der Waals surface area contributed by atoms with Crippen LogP contribution >= 0.6 is 11.8 Å². The lowest BCUT2D eigenvalue weighted by Gasteiger charge is -2.10. The molecule has 2 N–H and O–H groups in total. The van der Waals surface area contributed by atoms with E-state index in [4.69, 9.17) is 0 Å². The topological polar surface area (TPSA) is 49.8 Å². The molecule has 0 unspecified atom stereocenters. The van der Waals surface area contributed by atoms with E-state index in [2.05, 4.69) is 20.6 Å². The first-order chi connectivity index (χ1) is 8.94. The van der Waals surface area contributed by atoms with E-state index in [1.54, 1.807) is 6.07 Å². The van der Waals surface area contributed by atoms with Gasteiger partial charge in [-0.15, -0.1) is 0 Å². The summed E-state index contributed by atoms with van der Waals surface area (Å²) in [6.45, 7) is 4.80. The number of hydrogen-bond acceptors (Lipinski definition) is 5. The number of halogens is 3. The highest BCUT2D eigenvalue weighted by atomic mass is 32.2. The van der Waals surface area contributed by atoms with Crippen molar-refractivity contribution in [3.8, 4) is 0 Å². The van der Waals surface area contributed by atoms with E-state index in [0.29, 0.717) is 23.9 Å². The molecule has 0 fully saturated rings. The molecule has 108 valence electrons. The summed E-state index contributed by atoms with van der Waals surface area (Å²) in [5, 5.41) is 5.94. The first kappa shape index (κ1) is 15.9. The van der Waals surface area contributed by atoms with Crippen molar-refractivity contribution < 1.29 is 13.2 Å². The molecular formula is C11H17F3N4S.